The van der Waals surface area contributed by atoms with Crippen LogP contribution < -0.4 is 4.89 Å². The van der Waals surface area contributed by atoms with Crippen LogP contribution in [0.3, 0.4) is 0 Å². The highest BCUT2D eigenvalue weighted by Crippen LogP contribution is 2.20. The molecule has 0 heterocycles. The van der Waals surface area contributed by atoms with Crippen molar-refractivity contribution in [1.82, 2.24) is 0 Å². The average molecular weight is 210 g/mol. The van der Waals surface area contributed by atoms with E-state index in [-0.39, 0.29) is 11.3 Å². The quantitative estimate of drug-likeness (QED) is 0.615. The maximum absolute atomic E-state index is 10.8. The molecule has 0 aliphatic carbocycles. The molecule has 0 aliphatic rings. The highest BCUT2D eigenvalue weighted by molar-refractivity contribution is 5.90. The van der Waals surface area contributed by atoms with E-state index in [9.17, 15) is 4.79 Å². The number of aromatic carboxylic acids is 1. The van der Waals surface area contributed by atoms with Crippen LogP contribution in [0.4, 0.5) is 0 Å². The predicted molar refractivity (Wildman–Crippen MR) is 54.9 cm³/mol. The fraction of sp³-hybridized carbons (Fsp3) is 0.364. The van der Waals surface area contributed by atoms with Gasteiger partial charge < -0.3 is 9.99 Å². The minimum Gasteiger partial charge on any atom is -0.478 e. The smallest absolute Gasteiger partial charge is 0.339 e. The lowest BCUT2D eigenvalue weighted by Crippen LogP contribution is -2.21. The van der Waals surface area contributed by atoms with Crippen LogP contribution in [0.2, 0.25) is 0 Å². The van der Waals surface area contributed by atoms with Crippen molar-refractivity contribution in [2.45, 2.75) is 26.4 Å². The lowest BCUT2D eigenvalue weighted by atomic mass is 10.2. The molecule has 82 valence electrons. The summed E-state index contributed by atoms with van der Waals surface area (Å²) in [7, 11) is 0. The second kappa shape index (κ2) is 4.31. The van der Waals surface area contributed by atoms with Crippen LogP contribution in [0.25, 0.3) is 0 Å². The van der Waals surface area contributed by atoms with Crippen LogP contribution in [-0.2, 0) is 4.89 Å². The zero-order chi connectivity index (χ0) is 11.5. The van der Waals surface area contributed by atoms with Gasteiger partial charge in [0.1, 0.15) is 11.2 Å². The van der Waals surface area contributed by atoms with Crippen molar-refractivity contribution >= 4 is 5.97 Å². The summed E-state index contributed by atoms with van der Waals surface area (Å²) >= 11 is 0. The number of hydrogen-bond acceptors (Lipinski definition) is 3. The summed E-state index contributed by atoms with van der Waals surface area (Å²) in [5.41, 5.74) is -0.396. The van der Waals surface area contributed by atoms with E-state index in [1.807, 2.05) is 20.8 Å². The Kier molecular flexibility index (Phi) is 3.31. The monoisotopic (exact) mass is 210 g/mol. The van der Waals surface area contributed by atoms with Crippen molar-refractivity contribution in [2.24, 2.45) is 0 Å². The van der Waals surface area contributed by atoms with E-state index in [2.05, 4.69) is 0 Å². The largest absolute Gasteiger partial charge is 0.478 e. The third-order valence-electron chi connectivity index (χ3n) is 1.50. The van der Waals surface area contributed by atoms with Crippen molar-refractivity contribution in [2.75, 3.05) is 0 Å². The third-order valence-corrected chi connectivity index (χ3v) is 1.50. The average Bonchev–Trinajstić information content (AvgIpc) is 2.14. The van der Waals surface area contributed by atoms with Gasteiger partial charge in [-0.15, -0.1) is 0 Å². The highest BCUT2D eigenvalue weighted by Gasteiger charge is 2.16. The molecule has 0 saturated carbocycles. The number of benzene rings is 1. The zero-order valence-electron chi connectivity index (χ0n) is 8.98. The van der Waals surface area contributed by atoms with Gasteiger partial charge in [0.05, 0.1) is 0 Å². The minimum atomic E-state index is -1.04. The molecule has 4 heteroatoms. The summed E-state index contributed by atoms with van der Waals surface area (Å²) in [4.78, 5) is 20.8. The van der Waals surface area contributed by atoms with E-state index < -0.39 is 11.6 Å². The second-order valence-corrected chi connectivity index (χ2v) is 4.08. The van der Waals surface area contributed by atoms with Crippen molar-refractivity contribution in [3.05, 3.63) is 29.8 Å². The van der Waals surface area contributed by atoms with Gasteiger partial charge in [-0.1, -0.05) is 12.1 Å². The molecule has 15 heavy (non-hydrogen) atoms. The van der Waals surface area contributed by atoms with Gasteiger partial charge >= 0.3 is 5.97 Å². The number of para-hydroxylation sites is 1. The molecule has 0 aliphatic heterocycles. The van der Waals surface area contributed by atoms with E-state index in [1.54, 1.807) is 18.2 Å². The molecule has 0 bridgehead atoms. The van der Waals surface area contributed by atoms with Crippen molar-refractivity contribution in [3.8, 4) is 5.75 Å². The lowest BCUT2D eigenvalue weighted by molar-refractivity contribution is -0.274. The fourth-order valence-corrected chi connectivity index (χ4v) is 0.886. The molecule has 0 unspecified atom stereocenters. The Morgan fingerprint density at radius 2 is 1.87 bits per heavy atom. The van der Waals surface area contributed by atoms with Crippen molar-refractivity contribution in [3.63, 3.8) is 0 Å². The summed E-state index contributed by atoms with van der Waals surface area (Å²) in [6, 6.07) is 6.33. The van der Waals surface area contributed by atoms with Crippen LogP contribution in [0.5, 0.6) is 5.75 Å². The standard InChI is InChI=1S/C11H14O4/c1-11(2,3)15-14-9-7-5-4-6-8(9)10(12)13/h4-7H,1-3H3,(H,12,13). The number of carboxylic acid groups (broad SMARTS) is 1. The Morgan fingerprint density at radius 3 is 2.40 bits per heavy atom. The summed E-state index contributed by atoms with van der Waals surface area (Å²) in [5.74, 6) is -0.831. The summed E-state index contributed by atoms with van der Waals surface area (Å²) in [6.45, 7) is 5.45. The van der Waals surface area contributed by atoms with Gasteiger partial charge in [-0.25, -0.2) is 4.79 Å². The number of carbonyl (C=O) groups is 1. The molecular weight excluding hydrogens is 196 g/mol. The molecule has 0 spiro atoms. The molecule has 0 saturated heterocycles. The molecule has 1 N–H and O–H groups in total. The second-order valence-electron chi connectivity index (χ2n) is 4.08. The fourth-order valence-electron chi connectivity index (χ4n) is 0.886. The maximum atomic E-state index is 10.8. The van der Waals surface area contributed by atoms with Gasteiger partial charge in [0.25, 0.3) is 0 Å². The van der Waals surface area contributed by atoms with Crippen molar-refractivity contribution in [1.29, 1.82) is 0 Å². The Hall–Kier alpha value is -1.55. The minimum absolute atomic E-state index is 0.0850. The number of hydrogen-bond donors (Lipinski definition) is 1. The van der Waals surface area contributed by atoms with Gasteiger partial charge in [-0.05, 0) is 32.9 Å². The molecule has 1 rings (SSSR count). The molecule has 0 atom stereocenters. The Balaban J connectivity index is 2.81. The van der Waals surface area contributed by atoms with E-state index in [0.717, 1.165) is 0 Å². The summed E-state index contributed by atoms with van der Waals surface area (Å²) < 4.78 is 0. The molecule has 1 aromatic carbocycles. The van der Waals surface area contributed by atoms with Crippen LogP contribution in [0.1, 0.15) is 31.1 Å². The first-order valence-corrected chi connectivity index (χ1v) is 4.58. The van der Waals surface area contributed by atoms with Crippen LogP contribution in [-0.4, -0.2) is 16.7 Å². The molecular formula is C11H14O4. The SMILES string of the molecule is CC(C)(C)OOc1ccccc1C(=O)O. The number of rotatable bonds is 3. The van der Waals surface area contributed by atoms with E-state index >= 15 is 0 Å². The zero-order valence-corrected chi connectivity index (χ0v) is 8.98. The van der Waals surface area contributed by atoms with Gasteiger partial charge in [0.15, 0.2) is 5.75 Å². The van der Waals surface area contributed by atoms with E-state index in [4.69, 9.17) is 14.9 Å². The first kappa shape index (κ1) is 11.5. The highest BCUT2D eigenvalue weighted by atomic mass is 17.2. The lowest BCUT2D eigenvalue weighted by Gasteiger charge is -2.18. The normalized spacial score (nSPS) is 11.1. The third kappa shape index (κ3) is 3.59. The van der Waals surface area contributed by atoms with E-state index in [0.29, 0.717) is 0 Å². The Labute approximate surface area is 88.4 Å². The maximum Gasteiger partial charge on any atom is 0.339 e. The Morgan fingerprint density at radius 1 is 1.27 bits per heavy atom. The molecule has 0 radical (unpaired) electrons. The summed E-state index contributed by atoms with van der Waals surface area (Å²) in [5, 5.41) is 8.86. The van der Waals surface area contributed by atoms with E-state index in [1.165, 1.54) is 6.07 Å². The van der Waals surface area contributed by atoms with Crippen LogP contribution >= 0.6 is 0 Å². The first-order chi connectivity index (χ1) is 6.90. The van der Waals surface area contributed by atoms with Crippen molar-refractivity contribution < 1.29 is 19.7 Å². The van der Waals surface area contributed by atoms with Gasteiger partial charge in [0, 0.05) is 0 Å². The molecule has 1 aromatic rings. The summed E-state index contributed by atoms with van der Waals surface area (Å²) in [6.07, 6.45) is 0. The molecule has 0 aromatic heterocycles. The van der Waals surface area contributed by atoms with Crippen LogP contribution in [0, 0.1) is 0 Å². The number of carboxylic acids is 1. The van der Waals surface area contributed by atoms with Gasteiger partial charge in [-0.3, -0.25) is 0 Å². The Bertz CT molecular complexity index is 352. The topological polar surface area (TPSA) is 55.8 Å². The molecule has 4 nitrogen and oxygen atoms in total. The van der Waals surface area contributed by atoms with Gasteiger partial charge in [-0.2, -0.15) is 4.89 Å². The van der Waals surface area contributed by atoms with Gasteiger partial charge in [0.2, 0.25) is 0 Å². The predicted octanol–water partition coefficient (Wildman–Crippen LogP) is 2.49. The molecule has 0 fully saturated rings. The van der Waals surface area contributed by atoms with Crippen LogP contribution in [0.15, 0.2) is 24.3 Å². The molecule has 0 amide bonds. The first-order valence-electron chi connectivity index (χ1n) is 4.58.